The van der Waals surface area contributed by atoms with Crippen molar-refractivity contribution < 1.29 is 12.6 Å². The van der Waals surface area contributed by atoms with Crippen molar-refractivity contribution in [3.63, 3.8) is 0 Å². The molecule has 2 N–H and O–H groups in total. The fourth-order valence-electron chi connectivity index (χ4n) is 1.56. The summed E-state index contributed by atoms with van der Waals surface area (Å²) < 4.78 is 29.2. The summed E-state index contributed by atoms with van der Waals surface area (Å²) in [6, 6.07) is 13.1. The molecule has 94 valence electrons. The van der Waals surface area contributed by atoms with Gasteiger partial charge >= 0.3 is 10.1 Å². The van der Waals surface area contributed by atoms with Crippen LogP contribution in [0.4, 0.5) is 5.69 Å². The van der Waals surface area contributed by atoms with Gasteiger partial charge in [-0.1, -0.05) is 30.3 Å². The molecular formula is C13H13NO3S. The highest BCUT2D eigenvalue weighted by atomic mass is 32.2. The Bertz CT molecular complexity index is 665. The van der Waals surface area contributed by atoms with Crippen LogP contribution in [-0.2, 0) is 10.1 Å². The number of hydrogen-bond acceptors (Lipinski definition) is 4. The number of aryl methyl sites for hydroxylation is 1. The van der Waals surface area contributed by atoms with E-state index in [1.165, 1.54) is 12.1 Å². The van der Waals surface area contributed by atoms with E-state index in [1.54, 1.807) is 43.3 Å². The van der Waals surface area contributed by atoms with Crippen molar-refractivity contribution in [2.24, 2.45) is 0 Å². The standard InChI is InChI=1S/C13H13NO3S/c1-10-6-2-5-9-13(10)18(15,16)17-12-8-4-3-7-11(12)14/h2-9H,14H2,1H3. The molecule has 2 rings (SSSR count). The van der Waals surface area contributed by atoms with Crippen molar-refractivity contribution in [3.05, 3.63) is 54.1 Å². The van der Waals surface area contributed by atoms with Crippen molar-refractivity contribution in [2.75, 3.05) is 5.73 Å². The summed E-state index contributed by atoms with van der Waals surface area (Å²) in [4.78, 5) is 0.147. The first-order valence-corrected chi connectivity index (χ1v) is 6.76. The Hall–Kier alpha value is -2.01. The van der Waals surface area contributed by atoms with Gasteiger partial charge in [0, 0.05) is 0 Å². The third kappa shape index (κ3) is 2.46. The fraction of sp³-hybridized carbons (Fsp3) is 0.0769. The smallest absolute Gasteiger partial charge is 0.339 e. The van der Waals surface area contributed by atoms with Gasteiger partial charge in [0.05, 0.1) is 5.69 Å². The van der Waals surface area contributed by atoms with Crippen LogP contribution in [0.1, 0.15) is 5.56 Å². The molecule has 0 saturated carbocycles. The van der Waals surface area contributed by atoms with Crippen LogP contribution in [0.2, 0.25) is 0 Å². The molecule has 0 bridgehead atoms. The lowest BCUT2D eigenvalue weighted by Crippen LogP contribution is -2.12. The molecule has 18 heavy (non-hydrogen) atoms. The number of rotatable bonds is 3. The van der Waals surface area contributed by atoms with E-state index in [4.69, 9.17) is 9.92 Å². The normalized spacial score (nSPS) is 11.2. The zero-order valence-corrected chi connectivity index (χ0v) is 10.6. The largest absolute Gasteiger partial charge is 0.396 e. The van der Waals surface area contributed by atoms with E-state index < -0.39 is 10.1 Å². The first kappa shape index (κ1) is 12.4. The molecule has 0 unspecified atom stereocenters. The van der Waals surface area contributed by atoms with Gasteiger partial charge in [0.15, 0.2) is 5.75 Å². The van der Waals surface area contributed by atoms with Crippen molar-refractivity contribution in [2.45, 2.75) is 11.8 Å². The first-order valence-electron chi connectivity index (χ1n) is 5.35. The molecule has 0 spiro atoms. The lowest BCUT2D eigenvalue weighted by atomic mass is 10.2. The zero-order valence-electron chi connectivity index (χ0n) is 9.83. The molecule has 0 amide bonds. The molecule has 2 aromatic rings. The summed E-state index contributed by atoms with van der Waals surface area (Å²) in [6.45, 7) is 1.71. The molecule has 0 heterocycles. The van der Waals surface area contributed by atoms with Crippen LogP contribution < -0.4 is 9.92 Å². The predicted octanol–water partition coefficient (Wildman–Crippen LogP) is 2.34. The Balaban J connectivity index is 2.40. The lowest BCUT2D eigenvalue weighted by Gasteiger charge is -2.10. The number of nitrogens with two attached hydrogens (primary N) is 1. The molecule has 0 aromatic heterocycles. The second kappa shape index (κ2) is 4.70. The van der Waals surface area contributed by atoms with Crippen molar-refractivity contribution in [1.82, 2.24) is 0 Å². The van der Waals surface area contributed by atoms with E-state index in [1.807, 2.05) is 0 Å². The SMILES string of the molecule is Cc1ccccc1S(=O)(=O)Oc1ccccc1N. The van der Waals surface area contributed by atoms with Gasteiger partial charge in [-0.3, -0.25) is 0 Å². The van der Waals surface area contributed by atoms with Gasteiger partial charge in [-0.05, 0) is 30.7 Å². The molecule has 0 aliphatic heterocycles. The molecule has 0 fully saturated rings. The molecule has 0 aliphatic rings. The van der Waals surface area contributed by atoms with Gasteiger partial charge in [0.1, 0.15) is 4.90 Å². The second-order valence-corrected chi connectivity index (χ2v) is 5.36. The molecule has 4 nitrogen and oxygen atoms in total. The minimum atomic E-state index is -3.85. The average molecular weight is 263 g/mol. The topological polar surface area (TPSA) is 69.4 Å². The molecule has 2 aromatic carbocycles. The minimum Gasteiger partial charge on any atom is -0.396 e. The summed E-state index contributed by atoms with van der Waals surface area (Å²) >= 11 is 0. The van der Waals surface area contributed by atoms with Crippen LogP contribution >= 0.6 is 0 Å². The van der Waals surface area contributed by atoms with Gasteiger partial charge in [-0.25, -0.2) is 0 Å². The van der Waals surface area contributed by atoms with E-state index in [0.29, 0.717) is 5.56 Å². The Morgan fingerprint density at radius 2 is 1.61 bits per heavy atom. The van der Waals surface area contributed by atoms with Gasteiger partial charge in [0.2, 0.25) is 0 Å². The number of para-hydroxylation sites is 2. The highest BCUT2D eigenvalue weighted by Crippen LogP contribution is 2.25. The van der Waals surface area contributed by atoms with Crippen LogP contribution in [0.3, 0.4) is 0 Å². The highest BCUT2D eigenvalue weighted by molar-refractivity contribution is 7.87. The summed E-state index contributed by atoms with van der Waals surface area (Å²) in [7, 11) is -3.85. The molecule has 0 atom stereocenters. The van der Waals surface area contributed by atoms with E-state index in [-0.39, 0.29) is 16.3 Å². The summed E-state index contributed by atoms with van der Waals surface area (Å²) in [5, 5.41) is 0. The number of benzene rings is 2. The monoisotopic (exact) mass is 263 g/mol. The van der Waals surface area contributed by atoms with Crippen molar-refractivity contribution in [1.29, 1.82) is 0 Å². The van der Waals surface area contributed by atoms with E-state index in [0.717, 1.165) is 0 Å². The summed E-state index contributed by atoms with van der Waals surface area (Å²) in [6.07, 6.45) is 0. The van der Waals surface area contributed by atoms with E-state index in [9.17, 15) is 8.42 Å². The predicted molar refractivity (Wildman–Crippen MR) is 69.8 cm³/mol. The maximum absolute atomic E-state index is 12.1. The number of nitrogen functional groups attached to an aromatic ring is 1. The Morgan fingerprint density at radius 3 is 2.28 bits per heavy atom. The van der Waals surface area contributed by atoms with Crippen molar-refractivity contribution >= 4 is 15.8 Å². The fourth-order valence-corrected chi connectivity index (χ4v) is 2.74. The van der Waals surface area contributed by atoms with E-state index in [2.05, 4.69) is 0 Å². The molecule has 0 aliphatic carbocycles. The third-order valence-electron chi connectivity index (χ3n) is 2.48. The van der Waals surface area contributed by atoms with Crippen molar-refractivity contribution in [3.8, 4) is 5.75 Å². The van der Waals surface area contributed by atoms with E-state index >= 15 is 0 Å². The summed E-state index contributed by atoms with van der Waals surface area (Å²) in [5.41, 5.74) is 6.57. The Morgan fingerprint density at radius 1 is 1.00 bits per heavy atom. The molecule has 5 heteroatoms. The number of anilines is 1. The second-order valence-electron chi connectivity index (χ2n) is 3.84. The van der Waals surface area contributed by atoms with Gasteiger partial charge in [-0.15, -0.1) is 0 Å². The quantitative estimate of drug-likeness (QED) is 0.681. The Labute approximate surface area is 106 Å². The zero-order chi connectivity index (χ0) is 13.2. The van der Waals surface area contributed by atoms with Crippen LogP contribution in [0.15, 0.2) is 53.4 Å². The van der Waals surface area contributed by atoms with Gasteiger partial charge in [0.25, 0.3) is 0 Å². The van der Waals surface area contributed by atoms with Crippen LogP contribution in [0.5, 0.6) is 5.75 Å². The molecular weight excluding hydrogens is 250 g/mol. The van der Waals surface area contributed by atoms with Gasteiger partial charge in [-0.2, -0.15) is 8.42 Å². The molecule has 0 saturated heterocycles. The first-order chi connectivity index (χ1) is 8.50. The Kier molecular flexibility index (Phi) is 3.25. The van der Waals surface area contributed by atoms with Crippen LogP contribution in [0, 0.1) is 6.92 Å². The number of hydrogen-bond donors (Lipinski definition) is 1. The third-order valence-corrected chi connectivity index (χ3v) is 3.88. The van der Waals surface area contributed by atoms with Crippen LogP contribution in [-0.4, -0.2) is 8.42 Å². The minimum absolute atomic E-state index is 0.140. The average Bonchev–Trinajstić information content (AvgIpc) is 2.32. The highest BCUT2D eigenvalue weighted by Gasteiger charge is 2.19. The maximum atomic E-state index is 12.1. The van der Waals surface area contributed by atoms with Gasteiger partial charge < -0.3 is 9.92 Å². The van der Waals surface area contributed by atoms with Crippen LogP contribution in [0.25, 0.3) is 0 Å². The maximum Gasteiger partial charge on any atom is 0.339 e. The molecule has 0 radical (unpaired) electrons. The lowest BCUT2D eigenvalue weighted by molar-refractivity contribution is 0.486. The summed E-state index contributed by atoms with van der Waals surface area (Å²) in [5.74, 6) is 0.140.